The smallest absolute Gasteiger partial charge is 0.238 e. The van der Waals surface area contributed by atoms with E-state index in [2.05, 4.69) is 31.1 Å². The van der Waals surface area contributed by atoms with Crippen LogP contribution >= 0.6 is 11.6 Å². The molecule has 2 aliphatic rings. The summed E-state index contributed by atoms with van der Waals surface area (Å²) in [5, 5.41) is 3.55. The second-order valence-electron chi connectivity index (χ2n) is 8.59. The molecule has 5 nitrogen and oxygen atoms in total. The summed E-state index contributed by atoms with van der Waals surface area (Å²) in [4.78, 5) is 27.9. The Labute approximate surface area is 168 Å². The topological polar surface area (TPSA) is 67.8 Å². The number of hydrogen-bond acceptors (Lipinski definition) is 4. The van der Waals surface area contributed by atoms with Crippen LogP contribution in [0.25, 0.3) is 11.0 Å². The third-order valence-electron chi connectivity index (χ3n) is 7.30. The summed E-state index contributed by atoms with van der Waals surface area (Å²) >= 11 is 5.93. The lowest BCUT2D eigenvalue weighted by atomic mass is 9.63. The Bertz CT molecular complexity index is 1130. The average molecular weight is 393 g/mol. The standard InChI is InChI=1S/C22H21ClN4O/c1-20(2)21(3)10-11-22(20,19(28)27-16-9-8-13(23)12-24-16)18-17(21)25-14-6-4-5-7-15(14)26-18/h4-9,12H,10-11H2,1-3H3,(H,24,27,28). The van der Waals surface area contributed by atoms with Crippen LogP contribution < -0.4 is 5.32 Å². The minimum atomic E-state index is -0.741. The number of pyridine rings is 1. The molecule has 1 N–H and O–H groups in total. The molecule has 0 saturated heterocycles. The van der Waals surface area contributed by atoms with Gasteiger partial charge in [-0.3, -0.25) is 4.79 Å². The van der Waals surface area contributed by atoms with E-state index in [1.54, 1.807) is 12.1 Å². The van der Waals surface area contributed by atoms with Gasteiger partial charge in [0.1, 0.15) is 5.82 Å². The number of aromatic nitrogens is 3. The minimum Gasteiger partial charge on any atom is -0.310 e. The highest BCUT2D eigenvalue weighted by Gasteiger charge is 2.73. The molecule has 1 aromatic carbocycles. The van der Waals surface area contributed by atoms with E-state index in [-0.39, 0.29) is 16.7 Å². The third kappa shape index (κ3) is 1.97. The van der Waals surface area contributed by atoms with E-state index in [9.17, 15) is 4.79 Å². The second kappa shape index (κ2) is 5.51. The Morgan fingerprint density at radius 1 is 1.00 bits per heavy atom. The third-order valence-corrected chi connectivity index (χ3v) is 7.52. The molecule has 1 saturated carbocycles. The van der Waals surface area contributed by atoms with Crippen LogP contribution in [0.5, 0.6) is 0 Å². The molecule has 1 fully saturated rings. The maximum Gasteiger partial charge on any atom is 0.238 e. The molecule has 0 spiro atoms. The van der Waals surface area contributed by atoms with Gasteiger partial charge in [0.25, 0.3) is 0 Å². The van der Waals surface area contributed by atoms with Crippen molar-refractivity contribution >= 4 is 34.4 Å². The van der Waals surface area contributed by atoms with Crippen molar-refractivity contribution in [2.24, 2.45) is 5.41 Å². The van der Waals surface area contributed by atoms with Crippen LogP contribution in [0, 0.1) is 5.41 Å². The van der Waals surface area contributed by atoms with Crippen LogP contribution in [0.2, 0.25) is 5.02 Å². The van der Waals surface area contributed by atoms with E-state index >= 15 is 0 Å². The number of carbonyl (C=O) groups is 1. The number of hydrogen-bond donors (Lipinski definition) is 1. The first kappa shape index (κ1) is 17.6. The summed E-state index contributed by atoms with van der Waals surface area (Å²) in [6.45, 7) is 6.56. The first-order valence-electron chi connectivity index (χ1n) is 9.50. The Balaban J connectivity index is 1.69. The first-order chi connectivity index (χ1) is 13.3. The molecule has 2 atom stereocenters. The Morgan fingerprint density at radius 3 is 2.32 bits per heavy atom. The largest absolute Gasteiger partial charge is 0.310 e. The van der Waals surface area contributed by atoms with Crippen molar-refractivity contribution in [2.45, 2.75) is 44.4 Å². The van der Waals surface area contributed by atoms with Crippen LogP contribution in [0.4, 0.5) is 5.82 Å². The van der Waals surface area contributed by atoms with Crippen molar-refractivity contribution < 1.29 is 4.79 Å². The lowest BCUT2D eigenvalue weighted by molar-refractivity contribution is -0.125. The van der Waals surface area contributed by atoms with Crippen LogP contribution in [0.1, 0.15) is 45.0 Å². The minimum absolute atomic E-state index is 0.0700. The zero-order chi connectivity index (χ0) is 19.7. The highest BCUT2D eigenvalue weighted by atomic mass is 35.5. The number of halogens is 1. The number of carbonyl (C=O) groups excluding carboxylic acids is 1. The SMILES string of the molecule is CC12CCC(C(=O)Nc3ccc(Cl)cn3)(c3nc4ccccc4nc31)C2(C)C. The number of anilines is 1. The van der Waals surface area contributed by atoms with Crippen LogP contribution in [0.15, 0.2) is 42.6 Å². The maximum atomic E-state index is 13.7. The lowest BCUT2D eigenvalue weighted by Gasteiger charge is -2.39. The molecule has 6 heteroatoms. The Hall–Kier alpha value is -2.53. The van der Waals surface area contributed by atoms with Gasteiger partial charge in [0.15, 0.2) is 0 Å². The van der Waals surface area contributed by atoms with Crippen molar-refractivity contribution in [3.63, 3.8) is 0 Å². The van der Waals surface area contributed by atoms with Gasteiger partial charge in [0.2, 0.25) is 5.91 Å². The number of fused-ring (bicyclic) bond motifs is 6. The second-order valence-corrected chi connectivity index (χ2v) is 9.02. The van der Waals surface area contributed by atoms with Gasteiger partial charge in [-0.1, -0.05) is 44.5 Å². The van der Waals surface area contributed by atoms with Crippen molar-refractivity contribution in [3.8, 4) is 0 Å². The van der Waals surface area contributed by atoms with E-state index < -0.39 is 5.41 Å². The molecular formula is C22H21ClN4O. The van der Waals surface area contributed by atoms with Crippen molar-refractivity contribution in [1.29, 1.82) is 0 Å². The molecular weight excluding hydrogens is 372 g/mol. The van der Waals surface area contributed by atoms with Crippen LogP contribution in [-0.2, 0) is 15.6 Å². The van der Waals surface area contributed by atoms with Gasteiger partial charge < -0.3 is 5.32 Å². The summed E-state index contributed by atoms with van der Waals surface area (Å²) in [6, 6.07) is 11.3. The van der Waals surface area contributed by atoms with E-state index in [0.717, 1.165) is 35.3 Å². The average Bonchev–Trinajstić information content (AvgIpc) is 2.98. The molecule has 3 aromatic rings. The number of rotatable bonds is 2. The van der Waals surface area contributed by atoms with E-state index in [1.165, 1.54) is 6.20 Å². The molecule has 1 amide bonds. The van der Waals surface area contributed by atoms with Crippen LogP contribution in [0.3, 0.4) is 0 Å². The molecule has 2 aromatic heterocycles. The summed E-state index contributed by atoms with van der Waals surface area (Å²) in [7, 11) is 0. The number of nitrogens with zero attached hydrogens (tertiary/aromatic N) is 3. The normalized spacial score (nSPS) is 27.0. The number of nitrogens with one attached hydrogen (secondary N) is 1. The van der Waals surface area contributed by atoms with Gasteiger partial charge >= 0.3 is 0 Å². The summed E-state index contributed by atoms with van der Waals surface area (Å²) in [5.41, 5.74) is 2.21. The molecule has 5 rings (SSSR count). The van der Waals surface area contributed by atoms with Crippen molar-refractivity contribution in [2.75, 3.05) is 5.32 Å². The fourth-order valence-corrected chi connectivity index (χ4v) is 5.33. The number of para-hydroxylation sites is 2. The monoisotopic (exact) mass is 392 g/mol. The van der Waals surface area contributed by atoms with Crippen LogP contribution in [-0.4, -0.2) is 20.9 Å². The predicted molar refractivity (Wildman–Crippen MR) is 109 cm³/mol. The molecule has 0 radical (unpaired) electrons. The molecule has 2 heterocycles. The summed E-state index contributed by atoms with van der Waals surface area (Å²) in [6.07, 6.45) is 3.19. The summed E-state index contributed by atoms with van der Waals surface area (Å²) in [5.74, 6) is 0.426. The fraction of sp³-hybridized carbons (Fsp3) is 0.364. The lowest BCUT2D eigenvalue weighted by Crippen LogP contribution is -2.48. The predicted octanol–water partition coefficient (Wildman–Crippen LogP) is 4.65. The van der Waals surface area contributed by atoms with E-state index in [1.807, 2.05) is 24.3 Å². The quantitative estimate of drug-likeness (QED) is 0.689. The van der Waals surface area contributed by atoms with Gasteiger partial charge in [-0.15, -0.1) is 0 Å². The highest BCUT2D eigenvalue weighted by Crippen LogP contribution is 2.70. The molecule has 0 aliphatic heterocycles. The maximum absolute atomic E-state index is 13.7. The van der Waals surface area contributed by atoms with Crippen molar-refractivity contribution in [1.82, 2.24) is 15.0 Å². The number of amides is 1. The molecule has 2 unspecified atom stereocenters. The molecule has 2 bridgehead atoms. The van der Waals surface area contributed by atoms with E-state index in [0.29, 0.717) is 10.8 Å². The Morgan fingerprint density at radius 2 is 1.68 bits per heavy atom. The first-order valence-corrected chi connectivity index (χ1v) is 9.88. The zero-order valence-electron chi connectivity index (χ0n) is 16.1. The highest BCUT2D eigenvalue weighted by molar-refractivity contribution is 6.30. The van der Waals surface area contributed by atoms with Gasteiger partial charge in [0.05, 0.1) is 32.9 Å². The van der Waals surface area contributed by atoms with Gasteiger partial charge in [0, 0.05) is 11.6 Å². The molecule has 142 valence electrons. The van der Waals surface area contributed by atoms with Gasteiger partial charge in [-0.25, -0.2) is 15.0 Å². The molecule has 28 heavy (non-hydrogen) atoms. The van der Waals surface area contributed by atoms with Crippen molar-refractivity contribution in [3.05, 3.63) is 59.0 Å². The van der Waals surface area contributed by atoms with E-state index in [4.69, 9.17) is 21.6 Å². The summed E-state index contributed by atoms with van der Waals surface area (Å²) < 4.78 is 0. The van der Waals surface area contributed by atoms with Gasteiger partial charge in [-0.2, -0.15) is 0 Å². The fourth-order valence-electron chi connectivity index (χ4n) is 5.22. The molecule has 2 aliphatic carbocycles. The zero-order valence-corrected chi connectivity index (χ0v) is 16.8. The Kier molecular flexibility index (Phi) is 3.45. The number of benzene rings is 1. The van der Waals surface area contributed by atoms with Gasteiger partial charge in [-0.05, 0) is 42.5 Å².